The quantitative estimate of drug-likeness (QED) is 0.457. The number of rotatable bonds is 7. The number of aryl methyl sites for hydroxylation is 1. The molecule has 3 aromatic rings. The number of nitrogens with zero attached hydrogens (tertiary/aromatic N) is 3. The monoisotopic (exact) mass is 423 g/mol. The molecule has 2 aromatic heterocycles. The first-order valence-electron chi connectivity index (χ1n) is 8.72. The molecule has 3 rings (SSSR count). The third-order valence-electron chi connectivity index (χ3n) is 4.10. The molecule has 2 heterocycles. The Morgan fingerprint density at radius 1 is 1.40 bits per heavy atom. The van der Waals surface area contributed by atoms with Gasteiger partial charge >= 0.3 is 0 Å². The van der Waals surface area contributed by atoms with Crippen LogP contribution in [0.5, 0.6) is 0 Å². The molecule has 9 heteroatoms. The lowest BCUT2D eigenvalue weighted by Gasteiger charge is -2.09. The molecular formula is C21H16ClN4O4-. The molecule has 0 saturated heterocycles. The van der Waals surface area contributed by atoms with Crippen LogP contribution in [0, 0.1) is 18.3 Å². The molecule has 0 unspecified atom stereocenters. The molecule has 0 aliphatic carbocycles. The molecule has 1 N–H and O–H groups in total. The lowest BCUT2D eigenvalue weighted by Crippen LogP contribution is -2.22. The Morgan fingerprint density at radius 3 is 2.87 bits per heavy atom. The molecule has 0 bridgehead atoms. The second kappa shape index (κ2) is 9.22. The maximum atomic E-state index is 11.0. The van der Waals surface area contributed by atoms with E-state index in [1.54, 1.807) is 31.4 Å². The van der Waals surface area contributed by atoms with Crippen molar-refractivity contribution in [2.24, 2.45) is 5.10 Å². The fourth-order valence-corrected chi connectivity index (χ4v) is 3.04. The highest BCUT2D eigenvalue weighted by atomic mass is 35.5. The summed E-state index contributed by atoms with van der Waals surface area (Å²) in [7, 11) is 1.55. The minimum Gasteiger partial charge on any atom is -0.545 e. The summed E-state index contributed by atoms with van der Waals surface area (Å²) in [5.41, 5.74) is 5.05. The number of hydrogen-bond acceptors (Lipinski definition) is 8. The van der Waals surface area contributed by atoms with Crippen LogP contribution in [0.3, 0.4) is 0 Å². The van der Waals surface area contributed by atoms with Crippen LogP contribution in [-0.4, -0.2) is 24.3 Å². The number of nitriles is 1. The fraction of sp³-hybridized carbons (Fsp3) is 0.143. The summed E-state index contributed by atoms with van der Waals surface area (Å²) < 4.78 is 10.8. The van der Waals surface area contributed by atoms with Crippen molar-refractivity contribution in [1.82, 2.24) is 4.98 Å². The average molecular weight is 424 g/mol. The molecule has 0 radical (unpaired) electrons. The fourth-order valence-electron chi connectivity index (χ4n) is 2.78. The van der Waals surface area contributed by atoms with Gasteiger partial charge in [0.1, 0.15) is 23.2 Å². The van der Waals surface area contributed by atoms with E-state index in [-0.39, 0.29) is 17.2 Å². The number of benzene rings is 1. The van der Waals surface area contributed by atoms with Gasteiger partial charge in [0, 0.05) is 29.5 Å². The van der Waals surface area contributed by atoms with Crippen LogP contribution >= 0.6 is 11.6 Å². The van der Waals surface area contributed by atoms with E-state index in [0.717, 1.165) is 5.69 Å². The summed E-state index contributed by atoms with van der Waals surface area (Å²) in [6, 6.07) is 11.7. The van der Waals surface area contributed by atoms with E-state index >= 15 is 0 Å². The molecule has 30 heavy (non-hydrogen) atoms. The summed E-state index contributed by atoms with van der Waals surface area (Å²) in [6.07, 6.45) is 1.43. The molecule has 152 valence electrons. The lowest BCUT2D eigenvalue weighted by molar-refractivity contribution is -0.255. The Hall–Kier alpha value is -3.67. The predicted molar refractivity (Wildman–Crippen MR) is 109 cm³/mol. The number of carboxylic acids is 1. The highest BCUT2D eigenvalue weighted by Crippen LogP contribution is 2.27. The Morgan fingerprint density at radius 2 is 2.20 bits per heavy atom. The SMILES string of the molecule is COCc1cc(C)nc(NN=Cc2ccc(-c3ccc(C(=O)[O-])c(Cl)c3)o2)c1C#N. The largest absolute Gasteiger partial charge is 0.545 e. The van der Waals surface area contributed by atoms with Gasteiger partial charge in [0.25, 0.3) is 0 Å². The number of nitrogens with one attached hydrogen (secondary N) is 1. The van der Waals surface area contributed by atoms with Crippen LogP contribution in [0.2, 0.25) is 5.02 Å². The maximum absolute atomic E-state index is 11.0. The second-order valence-corrected chi connectivity index (χ2v) is 6.65. The molecule has 0 atom stereocenters. The Kier molecular flexibility index (Phi) is 6.47. The van der Waals surface area contributed by atoms with Crippen molar-refractivity contribution >= 4 is 29.6 Å². The van der Waals surface area contributed by atoms with E-state index in [9.17, 15) is 15.2 Å². The lowest BCUT2D eigenvalue weighted by atomic mass is 10.1. The van der Waals surface area contributed by atoms with E-state index in [2.05, 4.69) is 21.6 Å². The summed E-state index contributed by atoms with van der Waals surface area (Å²) >= 11 is 5.97. The molecule has 8 nitrogen and oxygen atoms in total. The van der Waals surface area contributed by atoms with Crippen molar-refractivity contribution in [2.45, 2.75) is 13.5 Å². The van der Waals surface area contributed by atoms with Gasteiger partial charge in [-0.3, -0.25) is 5.43 Å². The number of methoxy groups -OCH3 is 1. The van der Waals surface area contributed by atoms with Crippen molar-refractivity contribution in [3.8, 4) is 17.4 Å². The van der Waals surface area contributed by atoms with Gasteiger partial charge in [-0.25, -0.2) is 4.98 Å². The molecule has 0 saturated carbocycles. The van der Waals surface area contributed by atoms with Crippen molar-refractivity contribution in [1.29, 1.82) is 5.26 Å². The molecule has 0 amide bonds. The van der Waals surface area contributed by atoms with Gasteiger partial charge in [-0.15, -0.1) is 0 Å². The molecule has 1 aromatic carbocycles. The van der Waals surface area contributed by atoms with E-state index in [4.69, 9.17) is 20.8 Å². The number of halogens is 1. The molecular weight excluding hydrogens is 408 g/mol. The molecule has 0 spiro atoms. The summed E-state index contributed by atoms with van der Waals surface area (Å²) in [5.74, 6) is -0.116. The van der Waals surface area contributed by atoms with Gasteiger partial charge < -0.3 is 19.1 Å². The highest BCUT2D eigenvalue weighted by molar-refractivity contribution is 6.33. The number of hydrazone groups is 1. The second-order valence-electron chi connectivity index (χ2n) is 6.25. The van der Waals surface area contributed by atoms with Gasteiger partial charge in [-0.05, 0) is 31.2 Å². The zero-order valence-corrected chi connectivity index (χ0v) is 16.9. The van der Waals surface area contributed by atoms with Gasteiger partial charge in [0.05, 0.1) is 23.8 Å². The van der Waals surface area contributed by atoms with Gasteiger partial charge in [0.15, 0.2) is 5.82 Å². The summed E-state index contributed by atoms with van der Waals surface area (Å²) in [5, 5.41) is 24.5. The number of anilines is 1. The first kappa shape index (κ1) is 21.0. The van der Waals surface area contributed by atoms with Crippen LogP contribution in [-0.2, 0) is 11.3 Å². The van der Waals surface area contributed by atoms with E-state index in [1.807, 2.05) is 6.92 Å². The van der Waals surface area contributed by atoms with Gasteiger partial charge in [-0.2, -0.15) is 10.4 Å². The molecule has 0 fully saturated rings. The smallest absolute Gasteiger partial charge is 0.164 e. The number of carboxylic acid groups (broad SMARTS) is 1. The Labute approximate surface area is 177 Å². The Bertz CT molecular complexity index is 1160. The van der Waals surface area contributed by atoms with Crippen LogP contribution in [0.1, 0.15) is 32.9 Å². The standard InChI is InChI=1S/C21H17ClN4O4/c1-12-7-14(11-29-2)17(9-23)20(25-12)26-24-10-15-4-6-19(30-15)13-3-5-16(21(27)28)18(22)8-13/h3-8,10H,11H2,1-2H3,(H,25,26)(H,27,28)/p-1. The van der Waals surface area contributed by atoms with Crippen LogP contribution < -0.4 is 10.5 Å². The van der Waals surface area contributed by atoms with Crippen molar-refractivity contribution < 1.29 is 19.1 Å². The van der Waals surface area contributed by atoms with Crippen molar-refractivity contribution in [3.63, 3.8) is 0 Å². The summed E-state index contributed by atoms with van der Waals surface area (Å²) in [6.45, 7) is 2.09. The summed E-state index contributed by atoms with van der Waals surface area (Å²) in [4.78, 5) is 15.3. The van der Waals surface area contributed by atoms with Crippen LogP contribution in [0.25, 0.3) is 11.3 Å². The number of pyridine rings is 1. The van der Waals surface area contributed by atoms with Crippen LogP contribution in [0.15, 0.2) is 45.9 Å². The zero-order valence-electron chi connectivity index (χ0n) is 16.1. The predicted octanol–water partition coefficient (Wildman–Crippen LogP) is 3.13. The topological polar surface area (TPSA) is 124 Å². The number of carbonyl (C=O) groups is 1. The highest BCUT2D eigenvalue weighted by Gasteiger charge is 2.11. The molecule has 0 aliphatic rings. The number of aromatic nitrogens is 1. The normalized spacial score (nSPS) is 10.9. The number of hydrogen-bond donors (Lipinski definition) is 1. The van der Waals surface area contributed by atoms with E-state index < -0.39 is 5.97 Å². The van der Waals surface area contributed by atoms with Crippen molar-refractivity contribution in [3.05, 3.63) is 69.6 Å². The Balaban J connectivity index is 1.78. The molecule has 0 aliphatic heterocycles. The first-order chi connectivity index (χ1) is 14.4. The van der Waals surface area contributed by atoms with E-state index in [1.165, 1.54) is 18.3 Å². The van der Waals surface area contributed by atoms with E-state index in [0.29, 0.717) is 34.0 Å². The third kappa shape index (κ3) is 4.66. The minimum absolute atomic E-state index is 0.0576. The number of ether oxygens (including phenoxy) is 1. The zero-order chi connectivity index (χ0) is 21.7. The van der Waals surface area contributed by atoms with Crippen molar-refractivity contribution in [2.75, 3.05) is 12.5 Å². The number of aromatic carboxylic acids is 1. The van der Waals surface area contributed by atoms with Gasteiger partial charge in [-0.1, -0.05) is 23.7 Å². The average Bonchev–Trinajstić information content (AvgIpc) is 3.16. The number of furan rings is 1. The third-order valence-corrected chi connectivity index (χ3v) is 4.42. The maximum Gasteiger partial charge on any atom is 0.164 e. The number of carbonyl (C=O) groups excluding carboxylic acids is 1. The first-order valence-corrected chi connectivity index (χ1v) is 9.10. The van der Waals surface area contributed by atoms with Crippen LogP contribution in [0.4, 0.5) is 5.82 Å². The van der Waals surface area contributed by atoms with Gasteiger partial charge in [0.2, 0.25) is 0 Å². The minimum atomic E-state index is -1.35.